The summed E-state index contributed by atoms with van der Waals surface area (Å²) < 4.78 is 19.3. The topological polar surface area (TPSA) is 41.6 Å². The summed E-state index contributed by atoms with van der Waals surface area (Å²) in [6.45, 7) is 5.94. The van der Waals surface area contributed by atoms with Crippen molar-refractivity contribution in [3.05, 3.63) is 65.5 Å². The molecular formula is C21H26ClFN2O2. The maximum atomic E-state index is 13.6. The zero-order chi connectivity index (χ0) is 18.5. The van der Waals surface area contributed by atoms with E-state index >= 15 is 0 Å². The van der Waals surface area contributed by atoms with Gasteiger partial charge in [0, 0.05) is 19.6 Å². The maximum Gasteiger partial charge on any atom is 0.227 e. The number of nitrogens with zero attached hydrogens (tertiary/aromatic N) is 1. The Balaban J connectivity index is 0.00000261. The molecule has 0 spiro atoms. The summed E-state index contributed by atoms with van der Waals surface area (Å²) in [5.74, 6) is 0.536. The van der Waals surface area contributed by atoms with Gasteiger partial charge < -0.3 is 15.0 Å². The zero-order valence-corrected chi connectivity index (χ0v) is 16.5. The molecule has 2 aromatic rings. The molecule has 1 unspecified atom stereocenters. The number of ether oxygens (including phenoxy) is 1. The Bertz CT molecular complexity index is 769. The number of rotatable bonds is 5. The van der Waals surface area contributed by atoms with Gasteiger partial charge in [0.25, 0.3) is 0 Å². The highest BCUT2D eigenvalue weighted by Gasteiger charge is 2.28. The number of benzene rings is 2. The minimum absolute atomic E-state index is 0. The first-order valence-electron chi connectivity index (χ1n) is 9.04. The Hall–Kier alpha value is -2.11. The highest BCUT2D eigenvalue weighted by Crippen LogP contribution is 2.24. The van der Waals surface area contributed by atoms with Crippen LogP contribution in [-0.4, -0.2) is 36.5 Å². The van der Waals surface area contributed by atoms with E-state index in [-0.39, 0.29) is 36.3 Å². The average molecular weight is 393 g/mol. The van der Waals surface area contributed by atoms with Gasteiger partial charge in [0.1, 0.15) is 11.6 Å². The molecule has 1 saturated heterocycles. The summed E-state index contributed by atoms with van der Waals surface area (Å²) in [6.07, 6.45) is 0.396. The second-order valence-electron chi connectivity index (χ2n) is 6.85. The van der Waals surface area contributed by atoms with E-state index in [9.17, 15) is 9.18 Å². The summed E-state index contributed by atoms with van der Waals surface area (Å²) >= 11 is 0. The number of hydrogen-bond acceptors (Lipinski definition) is 3. The summed E-state index contributed by atoms with van der Waals surface area (Å²) in [5, 5.41) is 3.30. The fourth-order valence-electron chi connectivity index (χ4n) is 3.29. The van der Waals surface area contributed by atoms with Crippen molar-refractivity contribution in [3.63, 3.8) is 0 Å². The second-order valence-corrected chi connectivity index (χ2v) is 6.85. The fourth-order valence-corrected chi connectivity index (χ4v) is 3.29. The molecule has 27 heavy (non-hydrogen) atoms. The van der Waals surface area contributed by atoms with Crippen LogP contribution in [0.3, 0.4) is 0 Å². The molecule has 2 aromatic carbocycles. The van der Waals surface area contributed by atoms with Crippen molar-refractivity contribution >= 4 is 18.3 Å². The molecule has 4 nitrogen and oxygen atoms in total. The molecule has 1 aliphatic rings. The third kappa shape index (κ3) is 5.68. The zero-order valence-electron chi connectivity index (χ0n) is 15.7. The van der Waals surface area contributed by atoms with Crippen LogP contribution in [0.4, 0.5) is 4.39 Å². The number of carbonyl (C=O) groups excluding carboxylic acids is 1. The molecular weight excluding hydrogens is 367 g/mol. The van der Waals surface area contributed by atoms with Crippen molar-refractivity contribution in [1.29, 1.82) is 0 Å². The van der Waals surface area contributed by atoms with Crippen LogP contribution in [0.2, 0.25) is 0 Å². The standard InChI is InChI=1S/C21H25FN2O2.ClH/c1-15(2)26-19-8-3-5-16(11-19)12-21(25)24-10-9-23-14-20(24)17-6-4-7-18(22)13-17;/h3-8,11,13,15,20,23H,9-10,12,14H2,1-2H3;1H. The van der Waals surface area contributed by atoms with Crippen molar-refractivity contribution in [2.24, 2.45) is 0 Å². The molecule has 1 amide bonds. The lowest BCUT2D eigenvalue weighted by molar-refractivity contribution is -0.133. The highest BCUT2D eigenvalue weighted by atomic mass is 35.5. The van der Waals surface area contributed by atoms with E-state index in [1.807, 2.05) is 49.1 Å². The number of piperazine rings is 1. The van der Waals surface area contributed by atoms with Crippen LogP contribution in [0, 0.1) is 5.82 Å². The van der Waals surface area contributed by atoms with Gasteiger partial charge in [-0.1, -0.05) is 24.3 Å². The molecule has 1 atom stereocenters. The number of carbonyl (C=O) groups is 1. The van der Waals surface area contributed by atoms with Crippen molar-refractivity contribution in [2.45, 2.75) is 32.4 Å². The first kappa shape index (κ1) is 21.2. The van der Waals surface area contributed by atoms with E-state index in [1.54, 1.807) is 6.07 Å². The summed E-state index contributed by atoms with van der Waals surface area (Å²) in [6, 6.07) is 14.0. The molecule has 1 heterocycles. The molecule has 0 radical (unpaired) electrons. The SMILES string of the molecule is CC(C)Oc1cccc(CC(=O)N2CCNCC2c2cccc(F)c2)c1.Cl. The second kappa shape index (κ2) is 9.72. The van der Waals surface area contributed by atoms with Crippen LogP contribution in [0.1, 0.15) is 31.0 Å². The molecule has 0 bridgehead atoms. The molecule has 146 valence electrons. The fraction of sp³-hybridized carbons (Fsp3) is 0.381. The first-order valence-corrected chi connectivity index (χ1v) is 9.04. The third-order valence-electron chi connectivity index (χ3n) is 4.42. The molecule has 0 aromatic heterocycles. The highest BCUT2D eigenvalue weighted by molar-refractivity contribution is 5.85. The van der Waals surface area contributed by atoms with Gasteiger partial charge >= 0.3 is 0 Å². The van der Waals surface area contributed by atoms with E-state index in [0.717, 1.165) is 23.4 Å². The largest absolute Gasteiger partial charge is 0.491 e. The predicted octanol–water partition coefficient (Wildman–Crippen LogP) is 3.75. The number of halogens is 2. The van der Waals surface area contributed by atoms with Gasteiger partial charge in [-0.2, -0.15) is 0 Å². The van der Waals surface area contributed by atoms with Gasteiger partial charge in [0.2, 0.25) is 5.91 Å². The first-order chi connectivity index (χ1) is 12.5. The maximum absolute atomic E-state index is 13.6. The lowest BCUT2D eigenvalue weighted by atomic mass is 10.0. The van der Waals surface area contributed by atoms with Crippen LogP contribution >= 0.6 is 12.4 Å². The summed E-state index contributed by atoms with van der Waals surface area (Å²) in [5.41, 5.74) is 1.74. The molecule has 3 rings (SSSR count). The Morgan fingerprint density at radius 1 is 1.26 bits per heavy atom. The molecule has 1 fully saturated rings. The van der Waals surface area contributed by atoms with Crippen molar-refractivity contribution in [3.8, 4) is 5.75 Å². The van der Waals surface area contributed by atoms with Crippen molar-refractivity contribution in [1.82, 2.24) is 10.2 Å². The minimum Gasteiger partial charge on any atom is -0.491 e. The third-order valence-corrected chi connectivity index (χ3v) is 4.42. The van der Waals surface area contributed by atoms with Crippen LogP contribution in [-0.2, 0) is 11.2 Å². The Morgan fingerprint density at radius 2 is 2.04 bits per heavy atom. The van der Waals surface area contributed by atoms with Gasteiger partial charge in [0.05, 0.1) is 18.6 Å². The summed E-state index contributed by atoms with van der Waals surface area (Å²) in [7, 11) is 0. The normalized spacial score (nSPS) is 16.7. The van der Waals surface area contributed by atoms with E-state index in [0.29, 0.717) is 19.5 Å². The predicted molar refractivity (Wildman–Crippen MR) is 107 cm³/mol. The molecule has 0 saturated carbocycles. The lowest BCUT2D eigenvalue weighted by Gasteiger charge is -2.36. The van der Waals surface area contributed by atoms with E-state index in [2.05, 4.69) is 5.32 Å². The summed E-state index contributed by atoms with van der Waals surface area (Å²) in [4.78, 5) is 14.8. The van der Waals surface area contributed by atoms with Crippen LogP contribution in [0.25, 0.3) is 0 Å². The Morgan fingerprint density at radius 3 is 2.78 bits per heavy atom. The molecule has 1 N–H and O–H groups in total. The van der Waals surface area contributed by atoms with Crippen molar-refractivity contribution < 1.29 is 13.9 Å². The average Bonchev–Trinajstić information content (AvgIpc) is 2.61. The number of nitrogens with one attached hydrogen (secondary N) is 1. The van der Waals surface area contributed by atoms with E-state index in [4.69, 9.17) is 4.74 Å². The van der Waals surface area contributed by atoms with Gasteiger partial charge in [0.15, 0.2) is 0 Å². The van der Waals surface area contributed by atoms with Crippen LogP contribution in [0.5, 0.6) is 5.75 Å². The van der Waals surface area contributed by atoms with Gasteiger partial charge in [-0.25, -0.2) is 4.39 Å². The quantitative estimate of drug-likeness (QED) is 0.842. The monoisotopic (exact) mass is 392 g/mol. The minimum atomic E-state index is -0.279. The van der Waals surface area contributed by atoms with Crippen LogP contribution in [0.15, 0.2) is 48.5 Å². The molecule has 1 aliphatic heterocycles. The molecule has 0 aliphatic carbocycles. The molecule has 6 heteroatoms. The van der Waals surface area contributed by atoms with Crippen LogP contribution < -0.4 is 10.1 Å². The van der Waals surface area contributed by atoms with Crippen molar-refractivity contribution in [2.75, 3.05) is 19.6 Å². The Kier molecular flexibility index (Phi) is 7.63. The number of amides is 1. The smallest absolute Gasteiger partial charge is 0.227 e. The lowest BCUT2D eigenvalue weighted by Crippen LogP contribution is -2.49. The number of hydrogen-bond donors (Lipinski definition) is 1. The van der Waals surface area contributed by atoms with E-state index in [1.165, 1.54) is 12.1 Å². The van der Waals surface area contributed by atoms with Gasteiger partial charge in [-0.05, 0) is 49.2 Å². The van der Waals surface area contributed by atoms with Gasteiger partial charge in [-0.3, -0.25) is 4.79 Å². The van der Waals surface area contributed by atoms with Gasteiger partial charge in [-0.15, -0.1) is 12.4 Å². The Labute approximate surface area is 166 Å². The van der Waals surface area contributed by atoms with E-state index < -0.39 is 0 Å².